The van der Waals surface area contributed by atoms with Gasteiger partial charge in [0.2, 0.25) is 6.79 Å². The fourth-order valence-corrected chi connectivity index (χ4v) is 5.23. The molecule has 0 saturated carbocycles. The van der Waals surface area contributed by atoms with Crippen molar-refractivity contribution in [3.8, 4) is 17.2 Å². The summed E-state index contributed by atoms with van der Waals surface area (Å²) < 4.78 is 16.4. The van der Waals surface area contributed by atoms with Gasteiger partial charge in [0.25, 0.3) is 11.8 Å². The second-order valence-corrected chi connectivity index (χ2v) is 9.59. The number of carbonyl (C=O) groups excluding carboxylic acids is 2. The summed E-state index contributed by atoms with van der Waals surface area (Å²) >= 11 is 0. The molecule has 3 aliphatic rings. The number of rotatable bonds is 8. The van der Waals surface area contributed by atoms with E-state index in [0.29, 0.717) is 48.0 Å². The van der Waals surface area contributed by atoms with Gasteiger partial charge in [-0.3, -0.25) is 24.3 Å². The van der Waals surface area contributed by atoms with Gasteiger partial charge in [0, 0.05) is 68.4 Å². The highest BCUT2D eigenvalue weighted by Crippen LogP contribution is 2.35. The van der Waals surface area contributed by atoms with Gasteiger partial charge in [-0.25, -0.2) is 0 Å². The van der Waals surface area contributed by atoms with Crippen molar-refractivity contribution in [2.24, 2.45) is 0 Å². The van der Waals surface area contributed by atoms with Crippen molar-refractivity contribution in [2.75, 3.05) is 59.2 Å². The third kappa shape index (κ3) is 5.15. The van der Waals surface area contributed by atoms with E-state index in [0.717, 1.165) is 37.0 Å². The van der Waals surface area contributed by atoms with Gasteiger partial charge in [0.1, 0.15) is 18.5 Å². The number of aliphatic hydroxyl groups excluding tert-OH is 1. The van der Waals surface area contributed by atoms with Crippen LogP contribution in [0.5, 0.6) is 17.2 Å². The van der Waals surface area contributed by atoms with Gasteiger partial charge in [-0.1, -0.05) is 24.3 Å². The highest BCUT2D eigenvalue weighted by Gasteiger charge is 2.33. The molecular weight excluding hydrogens is 510 g/mol. The second kappa shape index (κ2) is 11.2. The molecule has 1 fully saturated rings. The molecule has 38 heavy (non-hydrogen) atoms. The van der Waals surface area contributed by atoms with E-state index in [1.54, 1.807) is 30.3 Å². The summed E-state index contributed by atoms with van der Waals surface area (Å²) in [5.41, 5.74) is 1.18. The molecular formula is C28H30ClN3O6. The molecule has 10 heteroatoms. The second-order valence-electron chi connectivity index (χ2n) is 9.59. The predicted octanol–water partition coefficient (Wildman–Crippen LogP) is -0.661. The SMILES string of the molecule is O=C1c2cccc3cccc(c23)C(=O)N1CCN1CCN(CC(O)COc2ccc3c(c2)OCO3)CC1.[Cl-].[H+]. The van der Waals surface area contributed by atoms with E-state index in [4.69, 9.17) is 14.2 Å². The Balaban J connectivity index is 0.00000176. The summed E-state index contributed by atoms with van der Waals surface area (Å²) in [5.74, 6) is 1.53. The largest absolute Gasteiger partial charge is 1.00 e. The van der Waals surface area contributed by atoms with E-state index in [-0.39, 0.29) is 39.0 Å². The zero-order valence-corrected chi connectivity index (χ0v) is 21.6. The Morgan fingerprint density at radius 1 is 0.868 bits per heavy atom. The Hall–Kier alpha value is -3.37. The number of aliphatic hydroxyl groups is 1. The summed E-state index contributed by atoms with van der Waals surface area (Å²) in [5, 5.41) is 12.1. The topological polar surface area (TPSA) is 91.8 Å². The number of hydrogen-bond donors (Lipinski definition) is 1. The molecule has 1 N–H and O–H groups in total. The van der Waals surface area contributed by atoms with Crippen molar-refractivity contribution in [1.82, 2.24) is 14.7 Å². The van der Waals surface area contributed by atoms with Crippen LogP contribution in [0.3, 0.4) is 0 Å². The molecule has 0 spiro atoms. The molecule has 3 aromatic rings. The number of benzene rings is 3. The summed E-state index contributed by atoms with van der Waals surface area (Å²) in [4.78, 5) is 32.0. The molecule has 1 atom stereocenters. The molecule has 0 aliphatic carbocycles. The number of fused-ring (bicyclic) bond motifs is 1. The lowest BCUT2D eigenvalue weighted by Gasteiger charge is -2.36. The smallest absolute Gasteiger partial charge is 1.00 e. The Kier molecular flexibility index (Phi) is 7.71. The standard InChI is InChI=1S/C28H29N3O6.ClH/c32-20(17-35-21-7-8-24-25(15-21)37-18-36-24)16-30-11-9-29(10-12-30)13-14-31-27(33)22-5-1-3-19-4-2-6-23(26(19)22)28(31)34;/h1-8,15,20,32H,9-14,16-18H2;1H. The van der Waals surface area contributed by atoms with Gasteiger partial charge in [-0.05, 0) is 29.7 Å². The molecule has 1 saturated heterocycles. The lowest BCUT2D eigenvalue weighted by atomic mass is 9.94. The molecule has 2 amide bonds. The van der Waals surface area contributed by atoms with Crippen LogP contribution >= 0.6 is 0 Å². The fourth-order valence-electron chi connectivity index (χ4n) is 5.23. The Morgan fingerprint density at radius 2 is 1.53 bits per heavy atom. The van der Waals surface area contributed by atoms with Crippen molar-refractivity contribution in [1.29, 1.82) is 0 Å². The first kappa shape index (κ1) is 26.2. The van der Waals surface area contributed by atoms with Crippen molar-refractivity contribution in [3.05, 3.63) is 65.7 Å². The third-order valence-electron chi connectivity index (χ3n) is 7.22. The molecule has 0 radical (unpaired) electrons. The zero-order chi connectivity index (χ0) is 25.4. The van der Waals surface area contributed by atoms with Gasteiger partial charge in [0.05, 0.1) is 0 Å². The number of nitrogens with zero attached hydrogens (tertiary/aromatic N) is 3. The lowest BCUT2D eigenvalue weighted by Crippen LogP contribution is -3.00. The monoisotopic (exact) mass is 539 g/mol. The van der Waals surface area contributed by atoms with Crippen LogP contribution in [0.4, 0.5) is 0 Å². The van der Waals surface area contributed by atoms with E-state index in [9.17, 15) is 14.7 Å². The number of hydrogen-bond acceptors (Lipinski definition) is 8. The average Bonchev–Trinajstić information content (AvgIpc) is 3.39. The van der Waals surface area contributed by atoms with Crippen LogP contribution in [-0.2, 0) is 0 Å². The number of imide groups is 1. The van der Waals surface area contributed by atoms with Crippen molar-refractivity contribution < 1.29 is 42.7 Å². The minimum atomic E-state index is -0.622. The zero-order valence-electron chi connectivity index (χ0n) is 21.8. The third-order valence-corrected chi connectivity index (χ3v) is 7.22. The predicted molar refractivity (Wildman–Crippen MR) is 137 cm³/mol. The average molecular weight is 540 g/mol. The maximum Gasteiger partial charge on any atom is 1.00 e. The molecule has 9 nitrogen and oxygen atoms in total. The van der Waals surface area contributed by atoms with E-state index < -0.39 is 6.10 Å². The minimum Gasteiger partial charge on any atom is -1.00 e. The van der Waals surface area contributed by atoms with Gasteiger partial charge in [-0.2, -0.15) is 0 Å². The first-order valence-electron chi connectivity index (χ1n) is 12.6. The quantitative estimate of drug-likeness (QED) is 0.377. The molecule has 6 rings (SSSR count). The number of halogens is 1. The van der Waals surface area contributed by atoms with Crippen LogP contribution in [0.15, 0.2) is 54.6 Å². The van der Waals surface area contributed by atoms with Crippen molar-refractivity contribution in [2.45, 2.75) is 6.10 Å². The highest BCUT2D eigenvalue weighted by molar-refractivity contribution is 6.25. The maximum atomic E-state index is 13.1. The molecule has 3 aromatic carbocycles. The van der Waals surface area contributed by atoms with E-state index in [2.05, 4.69) is 9.80 Å². The van der Waals surface area contributed by atoms with E-state index in [1.165, 1.54) is 4.90 Å². The Labute approximate surface area is 228 Å². The van der Waals surface area contributed by atoms with Gasteiger partial charge < -0.3 is 31.7 Å². The van der Waals surface area contributed by atoms with Crippen LogP contribution in [0.1, 0.15) is 22.1 Å². The maximum absolute atomic E-state index is 13.1. The first-order chi connectivity index (χ1) is 18.1. The summed E-state index contributed by atoms with van der Waals surface area (Å²) in [6.45, 7) is 5.10. The van der Waals surface area contributed by atoms with Crippen LogP contribution in [-0.4, -0.2) is 96.9 Å². The Bertz CT molecular complexity index is 1300. The number of carbonyl (C=O) groups is 2. The molecule has 1 unspecified atom stereocenters. The number of amides is 2. The van der Waals surface area contributed by atoms with Crippen LogP contribution in [0, 0.1) is 0 Å². The highest BCUT2D eigenvalue weighted by atomic mass is 35.5. The van der Waals surface area contributed by atoms with Crippen LogP contribution in [0.2, 0.25) is 0 Å². The molecule has 0 bridgehead atoms. The van der Waals surface area contributed by atoms with E-state index >= 15 is 0 Å². The fraction of sp³-hybridized carbons (Fsp3) is 0.357. The van der Waals surface area contributed by atoms with E-state index in [1.807, 2.05) is 24.3 Å². The lowest BCUT2D eigenvalue weighted by molar-refractivity contribution is -0.0000355. The normalized spacial score (nSPS) is 18.0. The van der Waals surface area contributed by atoms with Crippen LogP contribution < -0.4 is 26.6 Å². The minimum absolute atomic E-state index is 0. The van der Waals surface area contributed by atoms with Crippen molar-refractivity contribution >= 4 is 22.6 Å². The van der Waals surface area contributed by atoms with Gasteiger partial charge in [0.15, 0.2) is 11.5 Å². The number of β-amino-alcohol motifs (C(OH)–C–C–N with tert-alkyl or cyclic N) is 1. The summed E-state index contributed by atoms with van der Waals surface area (Å²) in [7, 11) is 0. The van der Waals surface area contributed by atoms with Crippen molar-refractivity contribution in [3.63, 3.8) is 0 Å². The van der Waals surface area contributed by atoms with Gasteiger partial charge in [-0.15, -0.1) is 0 Å². The molecule has 200 valence electrons. The molecule has 3 aliphatic heterocycles. The summed E-state index contributed by atoms with van der Waals surface area (Å²) in [6.07, 6.45) is -0.622. The van der Waals surface area contributed by atoms with Crippen LogP contribution in [0.25, 0.3) is 10.8 Å². The first-order valence-corrected chi connectivity index (χ1v) is 12.6. The molecule has 0 aromatic heterocycles. The number of ether oxygens (including phenoxy) is 3. The summed E-state index contributed by atoms with van der Waals surface area (Å²) in [6, 6.07) is 16.6. The number of piperazine rings is 1. The Morgan fingerprint density at radius 3 is 2.24 bits per heavy atom. The van der Waals surface area contributed by atoms with Gasteiger partial charge >= 0.3 is 1.43 Å². The molecule has 3 heterocycles.